The van der Waals surface area contributed by atoms with Crippen molar-refractivity contribution < 1.29 is 4.39 Å². The molecular formula is C34H63F. The Labute approximate surface area is 220 Å². The van der Waals surface area contributed by atoms with E-state index in [9.17, 15) is 4.39 Å². The number of hydrogen-bond acceptors (Lipinski definition) is 0. The van der Waals surface area contributed by atoms with Crippen molar-refractivity contribution >= 4 is 0 Å². The third-order valence-electron chi connectivity index (χ3n) is 10.9. The summed E-state index contributed by atoms with van der Waals surface area (Å²) in [6.07, 6.45) is 37.7. The highest BCUT2D eigenvalue weighted by atomic mass is 19.1. The summed E-state index contributed by atoms with van der Waals surface area (Å²) in [5.74, 6) is 6.34. The SMILES string of the molecule is CCCCCCCCC1CCC(C2CCC(CCC3CCC(CCCCCCF)CC3)CC2)CC1. The Hall–Kier alpha value is -0.0700. The van der Waals surface area contributed by atoms with Crippen LogP contribution in [0, 0.1) is 35.5 Å². The van der Waals surface area contributed by atoms with E-state index in [0.717, 1.165) is 48.3 Å². The average molecular weight is 491 g/mol. The zero-order valence-corrected chi connectivity index (χ0v) is 23.9. The molecule has 3 aliphatic carbocycles. The van der Waals surface area contributed by atoms with Crippen molar-refractivity contribution in [2.75, 3.05) is 6.67 Å². The van der Waals surface area contributed by atoms with Gasteiger partial charge in [-0.05, 0) is 67.6 Å². The summed E-state index contributed by atoms with van der Waals surface area (Å²) >= 11 is 0. The molecule has 0 nitrogen and oxygen atoms in total. The first-order chi connectivity index (χ1) is 17.3. The molecule has 1 heteroatoms. The summed E-state index contributed by atoms with van der Waals surface area (Å²) in [4.78, 5) is 0. The maximum atomic E-state index is 12.2. The predicted octanol–water partition coefficient (Wildman–Crippen LogP) is 11.9. The summed E-state index contributed by atoms with van der Waals surface area (Å²) < 4.78 is 12.2. The Kier molecular flexibility index (Phi) is 15.4. The van der Waals surface area contributed by atoms with Crippen LogP contribution in [-0.4, -0.2) is 6.67 Å². The van der Waals surface area contributed by atoms with Gasteiger partial charge in [-0.15, -0.1) is 0 Å². The maximum Gasteiger partial charge on any atom is 0.0894 e. The van der Waals surface area contributed by atoms with E-state index < -0.39 is 0 Å². The minimum absolute atomic E-state index is 0.118. The Bertz CT molecular complexity index is 477. The zero-order chi connectivity index (χ0) is 24.6. The van der Waals surface area contributed by atoms with Gasteiger partial charge < -0.3 is 0 Å². The molecule has 0 spiro atoms. The normalized spacial score (nSPS) is 32.1. The van der Waals surface area contributed by atoms with E-state index in [1.54, 1.807) is 51.4 Å². The van der Waals surface area contributed by atoms with Gasteiger partial charge in [-0.3, -0.25) is 4.39 Å². The summed E-state index contributed by atoms with van der Waals surface area (Å²) in [6.45, 7) is 2.20. The van der Waals surface area contributed by atoms with Crippen LogP contribution >= 0.6 is 0 Å². The highest BCUT2D eigenvalue weighted by Gasteiger charge is 2.31. The monoisotopic (exact) mass is 490 g/mol. The molecule has 0 aromatic carbocycles. The van der Waals surface area contributed by atoms with Crippen molar-refractivity contribution in [3.8, 4) is 0 Å². The van der Waals surface area contributed by atoms with Gasteiger partial charge in [0.15, 0.2) is 0 Å². The molecule has 0 aromatic heterocycles. The van der Waals surface area contributed by atoms with Gasteiger partial charge in [-0.25, -0.2) is 0 Å². The number of rotatable bonds is 17. The van der Waals surface area contributed by atoms with Gasteiger partial charge in [0.05, 0.1) is 6.67 Å². The van der Waals surface area contributed by atoms with Gasteiger partial charge in [0.25, 0.3) is 0 Å². The van der Waals surface area contributed by atoms with E-state index in [4.69, 9.17) is 0 Å². The van der Waals surface area contributed by atoms with Crippen LogP contribution in [0.1, 0.15) is 174 Å². The second-order valence-electron chi connectivity index (χ2n) is 13.5. The molecule has 3 rings (SSSR count). The second-order valence-corrected chi connectivity index (χ2v) is 13.5. The van der Waals surface area contributed by atoms with Crippen molar-refractivity contribution in [1.82, 2.24) is 0 Å². The highest BCUT2D eigenvalue weighted by Crippen LogP contribution is 2.44. The first-order valence-electron chi connectivity index (χ1n) is 16.8. The molecule has 0 radical (unpaired) electrons. The molecule has 3 saturated carbocycles. The van der Waals surface area contributed by atoms with Crippen molar-refractivity contribution in [2.45, 2.75) is 174 Å². The zero-order valence-electron chi connectivity index (χ0n) is 23.9. The van der Waals surface area contributed by atoms with Gasteiger partial charge in [-0.1, -0.05) is 142 Å². The smallest absolute Gasteiger partial charge is 0.0894 e. The van der Waals surface area contributed by atoms with Gasteiger partial charge >= 0.3 is 0 Å². The average Bonchev–Trinajstić information content (AvgIpc) is 2.91. The van der Waals surface area contributed by atoms with E-state index in [1.165, 1.54) is 103 Å². The van der Waals surface area contributed by atoms with Crippen molar-refractivity contribution in [3.63, 3.8) is 0 Å². The summed E-state index contributed by atoms with van der Waals surface area (Å²) in [5, 5.41) is 0. The number of hydrogen-bond donors (Lipinski definition) is 0. The molecule has 206 valence electrons. The van der Waals surface area contributed by atoms with E-state index in [2.05, 4.69) is 6.92 Å². The molecule has 0 aromatic rings. The molecular weight excluding hydrogens is 427 g/mol. The molecule has 0 unspecified atom stereocenters. The number of alkyl halides is 1. The van der Waals surface area contributed by atoms with Crippen LogP contribution in [0.3, 0.4) is 0 Å². The van der Waals surface area contributed by atoms with Crippen LogP contribution in [0.25, 0.3) is 0 Å². The molecule has 0 heterocycles. The lowest BCUT2D eigenvalue weighted by atomic mass is 9.68. The molecule has 3 aliphatic rings. The predicted molar refractivity (Wildman–Crippen MR) is 153 cm³/mol. The van der Waals surface area contributed by atoms with Crippen LogP contribution in [0.2, 0.25) is 0 Å². The first kappa shape index (κ1) is 29.5. The maximum absolute atomic E-state index is 12.2. The lowest BCUT2D eigenvalue weighted by Gasteiger charge is -2.38. The third-order valence-corrected chi connectivity index (χ3v) is 10.9. The Morgan fingerprint density at radius 3 is 1.17 bits per heavy atom. The number of unbranched alkanes of at least 4 members (excludes halogenated alkanes) is 8. The van der Waals surface area contributed by atoms with Crippen molar-refractivity contribution in [3.05, 3.63) is 0 Å². The quantitative estimate of drug-likeness (QED) is 0.178. The third kappa shape index (κ3) is 11.9. The largest absolute Gasteiger partial charge is 0.251 e. The molecule has 0 amide bonds. The Morgan fingerprint density at radius 1 is 0.400 bits per heavy atom. The fraction of sp³-hybridized carbons (Fsp3) is 1.00. The van der Waals surface area contributed by atoms with Crippen LogP contribution in [0.5, 0.6) is 0 Å². The number of halogens is 1. The fourth-order valence-corrected chi connectivity index (χ4v) is 8.27. The highest BCUT2D eigenvalue weighted by molar-refractivity contribution is 4.83. The topological polar surface area (TPSA) is 0 Å². The lowest BCUT2D eigenvalue weighted by Crippen LogP contribution is -2.26. The molecule has 0 bridgehead atoms. The summed E-state index contributed by atoms with van der Waals surface area (Å²) in [7, 11) is 0. The molecule has 3 fully saturated rings. The lowest BCUT2D eigenvalue weighted by molar-refractivity contribution is 0.135. The molecule has 0 saturated heterocycles. The Morgan fingerprint density at radius 2 is 0.743 bits per heavy atom. The Balaban J connectivity index is 1.17. The van der Waals surface area contributed by atoms with Crippen LogP contribution in [0.4, 0.5) is 4.39 Å². The molecule has 0 N–H and O–H groups in total. The molecule has 0 aliphatic heterocycles. The fourth-order valence-electron chi connectivity index (χ4n) is 8.27. The van der Waals surface area contributed by atoms with Crippen LogP contribution in [0.15, 0.2) is 0 Å². The van der Waals surface area contributed by atoms with Gasteiger partial charge in [0.2, 0.25) is 0 Å². The van der Waals surface area contributed by atoms with Crippen LogP contribution < -0.4 is 0 Å². The second kappa shape index (κ2) is 18.2. The minimum Gasteiger partial charge on any atom is -0.251 e. The standard InChI is InChI=1S/C34H63F/c1-2-3-4-5-6-9-13-30-20-24-33(25-21-30)34-26-22-32(23-27-34)19-18-31-16-14-29(15-17-31)12-10-7-8-11-28-35/h29-34H,2-28H2,1H3. The van der Waals surface area contributed by atoms with Crippen LogP contribution in [-0.2, 0) is 0 Å². The van der Waals surface area contributed by atoms with Crippen molar-refractivity contribution in [2.24, 2.45) is 35.5 Å². The van der Waals surface area contributed by atoms with E-state index in [1.807, 2.05) is 0 Å². The first-order valence-corrected chi connectivity index (χ1v) is 16.8. The summed E-state index contributed by atoms with van der Waals surface area (Å²) in [6, 6.07) is 0. The van der Waals surface area contributed by atoms with E-state index in [0.29, 0.717) is 0 Å². The van der Waals surface area contributed by atoms with Crippen molar-refractivity contribution in [1.29, 1.82) is 0 Å². The molecule has 0 atom stereocenters. The van der Waals surface area contributed by atoms with Gasteiger partial charge in [-0.2, -0.15) is 0 Å². The van der Waals surface area contributed by atoms with E-state index >= 15 is 0 Å². The van der Waals surface area contributed by atoms with E-state index in [-0.39, 0.29) is 6.67 Å². The molecule has 35 heavy (non-hydrogen) atoms. The summed E-state index contributed by atoms with van der Waals surface area (Å²) in [5.41, 5.74) is 0. The minimum atomic E-state index is -0.118. The van der Waals surface area contributed by atoms with Gasteiger partial charge in [0, 0.05) is 0 Å². The van der Waals surface area contributed by atoms with Gasteiger partial charge in [0.1, 0.15) is 0 Å².